The number of carboxylic acid groups (broad SMARTS) is 1. The Morgan fingerprint density at radius 1 is 1.58 bits per heavy atom. The number of hydrogen-bond acceptors (Lipinski definition) is 2. The normalized spacial score (nSPS) is 9.00. The van der Waals surface area contributed by atoms with E-state index in [4.69, 9.17) is 10.5 Å². The molecule has 4 nitrogen and oxygen atoms in total. The van der Waals surface area contributed by atoms with E-state index < -0.39 is 5.97 Å². The maximum atomic E-state index is 10.5. The second-order valence-corrected chi connectivity index (χ2v) is 2.41. The number of aryl methyl sites for hydroxylation is 1. The average Bonchev–Trinajstić information content (AvgIpc) is 2.04. The molecule has 60 valence electrons. The quantitative estimate of drug-likeness (QED) is 0.645. The van der Waals surface area contributed by atoms with Crippen LogP contribution in [-0.2, 0) is 0 Å². The Balaban J connectivity index is 3.21. The van der Waals surface area contributed by atoms with Crippen LogP contribution in [0.4, 0.5) is 5.69 Å². The van der Waals surface area contributed by atoms with Gasteiger partial charge in [0.15, 0.2) is 4.98 Å². The smallest absolute Gasteiger partial charge is 0.387 e. The van der Waals surface area contributed by atoms with Crippen molar-refractivity contribution in [3.63, 3.8) is 0 Å². The van der Waals surface area contributed by atoms with Crippen LogP contribution in [0.15, 0.2) is 18.2 Å². The second-order valence-electron chi connectivity index (χ2n) is 2.41. The molecule has 0 spiro atoms. The summed E-state index contributed by atoms with van der Waals surface area (Å²) in [6, 6.07) is 4.31. The van der Waals surface area contributed by atoms with Gasteiger partial charge in [0.1, 0.15) is 0 Å². The maximum absolute atomic E-state index is 10.5. The Bertz CT molecular complexity index is 366. The van der Waals surface area contributed by atoms with Crippen LogP contribution in [0.3, 0.4) is 0 Å². The zero-order valence-corrected chi connectivity index (χ0v) is 6.48. The van der Waals surface area contributed by atoms with Crippen molar-refractivity contribution in [2.45, 2.75) is 6.92 Å². The van der Waals surface area contributed by atoms with Gasteiger partial charge in [0.2, 0.25) is 5.39 Å². The van der Waals surface area contributed by atoms with Crippen LogP contribution in [-0.4, -0.2) is 11.1 Å². The van der Waals surface area contributed by atoms with Crippen LogP contribution >= 0.6 is 0 Å². The van der Waals surface area contributed by atoms with Gasteiger partial charge in [-0.2, -0.15) is 0 Å². The van der Waals surface area contributed by atoms with Crippen LogP contribution in [0.2, 0.25) is 0 Å². The lowest BCUT2D eigenvalue weighted by atomic mass is 10.1. The first-order valence-corrected chi connectivity index (χ1v) is 3.34. The Morgan fingerprint density at radius 3 is 2.67 bits per heavy atom. The highest BCUT2D eigenvalue weighted by Crippen LogP contribution is 2.19. The molecule has 0 aliphatic carbocycles. The minimum atomic E-state index is -0.984. The van der Waals surface area contributed by atoms with Crippen LogP contribution in [0, 0.1) is 12.3 Å². The highest BCUT2D eigenvalue weighted by molar-refractivity contribution is 5.88. The lowest BCUT2D eigenvalue weighted by Gasteiger charge is -1.91. The SMILES string of the molecule is Cc1cc(C(=O)O)ccc1[N+]#N. The standard InChI is InChI=1S/C8H6N2O2/c1-5-4-6(8(11)12)2-3-7(5)10-9/h2-4H,1H3/p+1. The summed E-state index contributed by atoms with van der Waals surface area (Å²) in [6.45, 7) is 1.68. The Morgan fingerprint density at radius 2 is 2.25 bits per heavy atom. The van der Waals surface area contributed by atoms with Gasteiger partial charge < -0.3 is 5.11 Å². The molecule has 0 atom stereocenters. The summed E-state index contributed by atoms with van der Waals surface area (Å²) in [4.78, 5) is 13.4. The third kappa shape index (κ3) is 1.40. The molecule has 0 unspecified atom stereocenters. The van der Waals surface area contributed by atoms with Gasteiger partial charge in [-0.15, -0.1) is 0 Å². The molecule has 0 heterocycles. The first-order chi connectivity index (χ1) is 5.65. The fourth-order valence-electron chi connectivity index (χ4n) is 0.901. The number of carbonyl (C=O) groups is 1. The largest absolute Gasteiger partial charge is 0.478 e. The fraction of sp³-hybridized carbons (Fsp3) is 0.125. The van der Waals surface area contributed by atoms with Crippen molar-refractivity contribution in [3.8, 4) is 0 Å². The first kappa shape index (κ1) is 8.21. The number of carboxylic acids is 1. The van der Waals surface area contributed by atoms with Gasteiger partial charge in [-0.3, -0.25) is 0 Å². The predicted octanol–water partition coefficient (Wildman–Crippen LogP) is 2.18. The monoisotopic (exact) mass is 163 g/mol. The molecule has 1 aromatic rings. The molecule has 0 aliphatic rings. The summed E-state index contributed by atoms with van der Waals surface area (Å²) >= 11 is 0. The van der Waals surface area contributed by atoms with Crippen molar-refractivity contribution in [2.75, 3.05) is 0 Å². The number of benzene rings is 1. The summed E-state index contributed by atoms with van der Waals surface area (Å²) in [5.41, 5.74) is 1.22. The molecular formula is C8H7N2O2+. The van der Waals surface area contributed by atoms with Crippen molar-refractivity contribution in [1.29, 1.82) is 5.39 Å². The lowest BCUT2D eigenvalue weighted by Crippen LogP contribution is -1.95. The van der Waals surface area contributed by atoms with Gasteiger partial charge in [0.05, 0.1) is 5.56 Å². The summed E-state index contributed by atoms with van der Waals surface area (Å²) < 4.78 is 0. The van der Waals surface area contributed by atoms with Gasteiger partial charge in [-0.1, -0.05) is 0 Å². The van der Waals surface area contributed by atoms with Gasteiger partial charge in [0, 0.05) is 11.6 Å². The second kappa shape index (κ2) is 3.01. The van der Waals surface area contributed by atoms with Crippen molar-refractivity contribution in [2.24, 2.45) is 0 Å². The molecule has 0 amide bonds. The van der Waals surface area contributed by atoms with Crippen LogP contribution in [0.5, 0.6) is 0 Å². The molecule has 1 N–H and O–H groups in total. The number of aromatic carboxylic acids is 1. The summed E-state index contributed by atoms with van der Waals surface area (Å²) in [5, 5.41) is 17.0. The Hall–Kier alpha value is -1.89. The molecule has 0 radical (unpaired) electrons. The van der Waals surface area contributed by atoms with Crippen molar-refractivity contribution in [1.82, 2.24) is 0 Å². The first-order valence-electron chi connectivity index (χ1n) is 3.34. The highest BCUT2D eigenvalue weighted by atomic mass is 16.4. The molecule has 4 heteroatoms. The molecule has 0 aromatic heterocycles. The average molecular weight is 163 g/mol. The zero-order chi connectivity index (χ0) is 9.14. The molecular weight excluding hydrogens is 156 g/mol. The van der Waals surface area contributed by atoms with Crippen molar-refractivity contribution in [3.05, 3.63) is 34.3 Å². The van der Waals surface area contributed by atoms with E-state index >= 15 is 0 Å². The molecule has 0 bridgehead atoms. The lowest BCUT2D eigenvalue weighted by molar-refractivity contribution is 0.0697. The Kier molecular flexibility index (Phi) is 2.06. The van der Waals surface area contributed by atoms with Crippen LogP contribution in [0.25, 0.3) is 4.98 Å². The maximum Gasteiger partial charge on any atom is 0.387 e. The fourth-order valence-corrected chi connectivity index (χ4v) is 0.901. The number of diazo groups is 1. The van der Waals surface area contributed by atoms with E-state index in [1.54, 1.807) is 6.92 Å². The van der Waals surface area contributed by atoms with E-state index in [1.807, 2.05) is 0 Å². The van der Waals surface area contributed by atoms with Gasteiger partial charge >= 0.3 is 11.7 Å². The highest BCUT2D eigenvalue weighted by Gasteiger charge is 2.12. The van der Waals surface area contributed by atoms with Crippen LogP contribution in [0.1, 0.15) is 15.9 Å². The summed E-state index contributed by atoms with van der Waals surface area (Å²) in [6.07, 6.45) is 0. The third-order valence-corrected chi connectivity index (χ3v) is 1.55. The predicted molar refractivity (Wildman–Crippen MR) is 42.9 cm³/mol. The molecule has 1 rings (SSSR count). The topological polar surface area (TPSA) is 65.4 Å². The molecule has 12 heavy (non-hydrogen) atoms. The number of hydrogen-bond donors (Lipinski definition) is 1. The molecule has 0 fully saturated rings. The van der Waals surface area contributed by atoms with E-state index in [0.29, 0.717) is 11.3 Å². The third-order valence-electron chi connectivity index (χ3n) is 1.55. The molecule has 1 aromatic carbocycles. The minimum absolute atomic E-state index is 0.194. The molecule has 0 saturated carbocycles. The van der Waals surface area contributed by atoms with Crippen molar-refractivity contribution < 1.29 is 9.90 Å². The van der Waals surface area contributed by atoms with Crippen LogP contribution < -0.4 is 0 Å². The van der Waals surface area contributed by atoms with E-state index in [2.05, 4.69) is 4.98 Å². The van der Waals surface area contributed by atoms with Gasteiger partial charge in [-0.05, 0) is 19.1 Å². The summed E-state index contributed by atoms with van der Waals surface area (Å²) in [7, 11) is 0. The van der Waals surface area contributed by atoms with E-state index in [1.165, 1.54) is 18.2 Å². The molecule has 0 aliphatic heterocycles. The van der Waals surface area contributed by atoms with Crippen molar-refractivity contribution >= 4 is 11.7 Å². The number of rotatable bonds is 1. The van der Waals surface area contributed by atoms with Gasteiger partial charge in [0.25, 0.3) is 0 Å². The molecule has 0 saturated heterocycles. The Labute approximate surface area is 69.1 Å². The minimum Gasteiger partial charge on any atom is -0.478 e. The zero-order valence-electron chi connectivity index (χ0n) is 6.48. The number of nitrogens with zero attached hydrogens (tertiary/aromatic N) is 2. The summed E-state index contributed by atoms with van der Waals surface area (Å²) in [5.74, 6) is -0.984. The van der Waals surface area contributed by atoms with E-state index in [0.717, 1.165) is 0 Å². The van der Waals surface area contributed by atoms with E-state index in [9.17, 15) is 4.79 Å². The van der Waals surface area contributed by atoms with E-state index in [-0.39, 0.29) is 5.56 Å². The van der Waals surface area contributed by atoms with Gasteiger partial charge in [-0.25, -0.2) is 4.79 Å².